The zero-order valence-corrected chi connectivity index (χ0v) is 8.28. The normalized spacial score (nSPS) is 10.2. The Morgan fingerprint density at radius 2 is 1.92 bits per heavy atom. The van der Waals surface area contributed by atoms with E-state index < -0.39 is 0 Å². The Labute approximate surface area is 79.9 Å². The molecule has 0 spiro atoms. The first-order chi connectivity index (χ1) is 6.11. The van der Waals surface area contributed by atoms with Crippen molar-refractivity contribution >= 4 is 0 Å². The van der Waals surface area contributed by atoms with Gasteiger partial charge in [-0.3, -0.25) is 0 Å². The van der Waals surface area contributed by atoms with Crippen LogP contribution in [0.2, 0.25) is 0 Å². The van der Waals surface area contributed by atoms with Crippen molar-refractivity contribution in [3.63, 3.8) is 0 Å². The predicted octanol–water partition coefficient (Wildman–Crippen LogP) is 1.42. The molecule has 0 bridgehead atoms. The minimum atomic E-state index is 0.758. The quantitative estimate of drug-likeness (QED) is 0.426. The highest BCUT2D eigenvalue weighted by atomic mass is 15.3. The molecule has 13 heavy (non-hydrogen) atoms. The third-order valence-corrected chi connectivity index (χ3v) is 1.50. The first kappa shape index (κ1) is 11.4. The summed E-state index contributed by atoms with van der Waals surface area (Å²) in [6.45, 7) is 13.1. The maximum atomic E-state index is 3.82. The maximum absolute atomic E-state index is 3.82. The summed E-state index contributed by atoms with van der Waals surface area (Å²) in [5.41, 5.74) is 8.23. The predicted molar refractivity (Wildman–Crippen MR) is 57.6 cm³/mol. The molecule has 3 nitrogen and oxygen atoms in total. The molecule has 0 atom stereocenters. The maximum Gasteiger partial charge on any atom is 0.0471 e. The lowest BCUT2D eigenvalue weighted by atomic mass is 10.2. The molecule has 0 saturated carbocycles. The molecule has 0 aliphatic carbocycles. The second-order valence-electron chi connectivity index (χ2n) is 2.55. The van der Waals surface area contributed by atoms with Crippen molar-refractivity contribution in [1.29, 1.82) is 0 Å². The van der Waals surface area contributed by atoms with Gasteiger partial charge in [-0.2, -0.15) is 0 Å². The lowest BCUT2D eigenvalue weighted by Gasteiger charge is -2.08. The average Bonchev–Trinajstić information content (AvgIpc) is 2.13. The summed E-state index contributed by atoms with van der Waals surface area (Å²) in [4.78, 5) is 0. The van der Waals surface area contributed by atoms with E-state index in [0.29, 0.717) is 0 Å². The minimum Gasteiger partial charge on any atom is -0.388 e. The van der Waals surface area contributed by atoms with Crippen molar-refractivity contribution in [2.45, 2.75) is 6.92 Å². The van der Waals surface area contributed by atoms with E-state index in [2.05, 4.69) is 35.9 Å². The van der Waals surface area contributed by atoms with Crippen molar-refractivity contribution in [3.05, 3.63) is 49.0 Å². The van der Waals surface area contributed by atoms with Crippen LogP contribution in [-0.2, 0) is 0 Å². The molecule has 72 valence electrons. The van der Waals surface area contributed by atoms with Gasteiger partial charge in [0.05, 0.1) is 0 Å². The Morgan fingerprint density at radius 3 is 2.38 bits per heavy atom. The molecule has 0 amide bonds. The van der Waals surface area contributed by atoms with Gasteiger partial charge < -0.3 is 16.2 Å². The number of hydrazine groups is 1. The monoisotopic (exact) mass is 179 g/mol. The summed E-state index contributed by atoms with van der Waals surface area (Å²) in [6.07, 6.45) is 3.43. The van der Waals surface area contributed by atoms with Gasteiger partial charge in [0.15, 0.2) is 0 Å². The van der Waals surface area contributed by atoms with Crippen LogP contribution in [0.15, 0.2) is 49.0 Å². The van der Waals surface area contributed by atoms with Gasteiger partial charge in [0.25, 0.3) is 0 Å². The summed E-state index contributed by atoms with van der Waals surface area (Å²) in [7, 11) is 1.83. The van der Waals surface area contributed by atoms with Crippen LogP contribution in [-0.4, -0.2) is 7.05 Å². The molecule has 0 aromatic rings. The van der Waals surface area contributed by atoms with Crippen molar-refractivity contribution in [3.8, 4) is 0 Å². The third-order valence-electron chi connectivity index (χ3n) is 1.50. The fourth-order valence-electron chi connectivity index (χ4n) is 0.725. The topological polar surface area (TPSA) is 36.1 Å². The molecule has 0 aromatic heterocycles. The number of hydrogen-bond donors (Lipinski definition) is 3. The fraction of sp³-hybridized carbons (Fsp3) is 0.200. The van der Waals surface area contributed by atoms with Gasteiger partial charge in [0, 0.05) is 24.6 Å². The number of likely N-dealkylation sites (N-methyl/N-ethyl adjacent to an activating group) is 1. The lowest BCUT2D eigenvalue weighted by Crippen LogP contribution is -2.24. The average molecular weight is 179 g/mol. The van der Waals surface area contributed by atoms with Crippen molar-refractivity contribution in [1.82, 2.24) is 16.2 Å². The van der Waals surface area contributed by atoms with Gasteiger partial charge in [0.2, 0.25) is 0 Å². The van der Waals surface area contributed by atoms with Crippen LogP contribution < -0.4 is 16.2 Å². The highest BCUT2D eigenvalue weighted by Gasteiger charge is 1.93. The molecule has 0 saturated heterocycles. The number of allylic oxidation sites excluding steroid dienone is 2. The number of hydrogen-bond acceptors (Lipinski definition) is 3. The van der Waals surface area contributed by atoms with Gasteiger partial charge in [-0.25, -0.2) is 0 Å². The summed E-state index contributed by atoms with van der Waals surface area (Å²) in [5, 5.41) is 2.95. The standard InChI is InChI=1S/C10H17N3/c1-6-12-13-9(3)7-8(2)10(4)11-5/h6-7,11-13H,1,3-4H2,2,5H3/b8-7+. The van der Waals surface area contributed by atoms with Crippen LogP contribution in [0.4, 0.5) is 0 Å². The van der Waals surface area contributed by atoms with E-state index in [0.717, 1.165) is 17.0 Å². The molecule has 0 radical (unpaired) electrons. The van der Waals surface area contributed by atoms with E-state index >= 15 is 0 Å². The zero-order valence-electron chi connectivity index (χ0n) is 8.28. The summed E-state index contributed by atoms with van der Waals surface area (Å²) in [5.74, 6) is 0. The molecule has 3 heteroatoms. The van der Waals surface area contributed by atoms with E-state index in [9.17, 15) is 0 Å². The Hall–Kier alpha value is -1.64. The lowest BCUT2D eigenvalue weighted by molar-refractivity contribution is 0.749. The smallest absolute Gasteiger partial charge is 0.0471 e. The summed E-state index contributed by atoms with van der Waals surface area (Å²) in [6, 6.07) is 0. The highest BCUT2D eigenvalue weighted by molar-refractivity contribution is 5.30. The molecule has 0 unspecified atom stereocenters. The van der Waals surface area contributed by atoms with Gasteiger partial charge in [0.1, 0.15) is 0 Å². The zero-order chi connectivity index (χ0) is 10.3. The second kappa shape index (κ2) is 5.94. The van der Waals surface area contributed by atoms with Crippen molar-refractivity contribution in [2.75, 3.05) is 7.05 Å². The van der Waals surface area contributed by atoms with Gasteiger partial charge in [-0.15, -0.1) is 0 Å². The van der Waals surface area contributed by atoms with E-state index in [1.807, 2.05) is 20.0 Å². The molecule has 0 heterocycles. The van der Waals surface area contributed by atoms with E-state index in [1.165, 1.54) is 0 Å². The van der Waals surface area contributed by atoms with Crippen LogP contribution in [0.25, 0.3) is 0 Å². The molecule has 0 aliphatic rings. The minimum absolute atomic E-state index is 0.758. The fourth-order valence-corrected chi connectivity index (χ4v) is 0.725. The van der Waals surface area contributed by atoms with Crippen LogP contribution in [0.3, 0.4) is 0 Å². The largest absolute Gasteiger partial charge is 0.388 e. The van der Waals surface area contributed by atoms with Crippen LogP contribution >= 0.6 is 0 Å². The van der Waals surface area contributed by atoms with Gasteiger partial charge >= 0.3 is 0 Å². The Balaban J connectivity index is 4.13. The van der Waals surface area contributed by atoms with Crippen molar-refractivity contribution < 1.29 is 0 Å². The molecule has 0 fully saturated rings. The van der Waals surface area contributed by atoms with Gasteiger partial charge in [-0.05, 0) is 18.6 Å². The van der Waals surface area contributed by atoms with Crippen LogP contribution in [0.5, 0.6) is 0 Å². The van der Waals surface area contributed by atoms with E-state index in [4.69, 9.17) is 0 Å². The van der Waals surface area contributed by atoms with E-state index in [1.54, 1.807) is 6.20 Å². The molecule has 3 N–H and O–H groups in total. The molecule has 0 rings (SSSR count). The van der Waals surface area contributed by atoms with Gasteiger partial charge in [-0.1, -0.05) is 19.7 Å². The molecule has 0 aliphatic heterocycles. The number of rotatable bonds is 6. The Bertz CT molecular complexity index is 239. The first-order valence-electron chi connectivity index (χ1n) is 3.98. The van der Waals surface area contributed by atoms with Crippen LogP contribution in [0.1, 0.15) is 6.92 Å². The molecular formula is C10H17N3. The third kappa shape index (κ3) is 4.74. The first-order valence-corrected chi connectivity index (χ1v) is 3.98. The summed E-state index contributed by atoms with van der Waals surface area (Å²) >= 11 is 0. The summed E-state index contributed by atoms with van der Waals surface area (Å²) < 4.78 is 0. The molecular weight excluding hydrogens is 162 g/mol. The van der Waals surface area contributed by atoms with E-state index in [-0.39, 0.29) is 0 Å². The van der Waals surface area contributed by atoms with Crippen LogP contribution in [0, 0.1) is 0 Å². The SMILES string of the molecule is C=CNNC(=C)/C=C(\C)C(=C)NC. The second-order valence-corrected chi connectivity index (χ2v) is 2.55. The Morgan fingerprint density at radius 1 is 1.31 bits per heavy atom. The molecule has 0 aromatic carbocycles. The Kier molecular flexibility index (Phi) is 5.19. The highest BCUT2D eigenvalue weighted by Crippen LogP contribution is 2.04. The number of nitrogens with one attached hydrogen (secondary N) is 3. The van der Waals surface area contributed by atoms with Crippen molar-refractivity contribution in [2.24, 2.45) is 0 Å².